The van der Waals surface area contributed by atoms with Crippen molar-refractivity contribution >= 4 is 0 Å². The Morgan fingerprint density at radius 3 is 1.70 bits per heavy atom. The minimum Gasteiger partial charge on any atom is -0.493 e. The van der Waals surface area contributed by atoms with Crippen molar-refractivity contribution in [2.45, 2.75) is 25.7 Å². The van der Waals surface area contributed by atoms with E-state index in [1.807, 2.05) is 18.2 Å². The Morgan fingerprint density at radius 2 is 1.15 bits per heavy atom. The van der Waals surface area contributed by atoms with Gasteiger partial charge < -0.3 is 43.4 Å². The van der Waals surface area contributed by atoms with Crippen molar-refractivity contribution < 1.29 is 43.4 Å². The molecule has 0 unspecified atom stereocenters. The molecule has 0 aliphatic carbocycles. The summed E-state index contributed by atoms with van der Waals surface area (Å²) in [6.45, 7) is 4.60. The van der Waals surface area contributed by atoms with Crippen LogP contribution in [0, 0.1) is 5.92 Å². The van der Waals surface area contributed by atoms with Crippen LogP contribution in [0.1, 0.15) is 25.7 Å². The number of hydrogen-bond donors (Lipinski definition) is 2. The zero-order valence-corrected chi connectivity index (χ0v) is 20.2. The Balaban J connectivity index is 2.10. The van der Waals surface area contributed by atoms with Gasteiger partial charge in [-0.3, -0.25) is 0 Å². The van der Waals surface area contributed by atoms with Crippen LogP contribution in [-0.2, 0) is 18.9 Å². The molecule has 0 saturated heterocycles. The maximum absolute atomic E-state index is 8.81. The number of rotatable bonds is 23. The molecule has 192 valence electrons. The highest BCUT2D eigenvalue weighted by molar-refractivity contribution is 5.51. The van der Waals surface area contributed by atoms with Gasteiger partial charge in [-0.25, -0.2) is 0 Å². The van der Waals surface area contributed by atoms with E-state index < -0.39 is 0 Å². The van der Waals surface area contributed by atoms with E-state index in [0.29, 0.717) is 82.6 Å². The molecule has 2 N–H and O–H groups in total. The largest absolute Gasteiger partial charge is 0.493 e. The van der Waals surface area contributed by atoms with Gasteiger partial charge in [0.15, 0.2) is 11.5 Å². The minimum absolute atomic E-state index is 0.0426. The summed E-state index contributed by atoms with van der Waals surface area (Å²) in [5.74, 6) is 2.28. The summed E-state index contributed by atoms with van der Waals surface area (Å²) in [5, 5.41) is 17.6. The standard InChI is InChI=1S/C24H42O9/c1-27-22-6-3-7-23(28-2)24(22)33-20-19-32-18-17-29-12-4-5-21(8-13-30-15-10-25)9-14-31-16-11-26/h3,6-7,21,25-26H,4-5,8-20H2,1-2H3. The van der Waals surface area contributed by atoms with E-state index in [0.717, 1.165) is 25.7 Å². The normalized spacial score (nSPS) is 11.2. The topological polar surface area (TPSA) is 105 Å². The summed E-state index contributed by atoms with van der Waals surface area (Å²) in [6, 6.07) is 5.49. The molecule has 0 radical (unpaired) electrons. The van der Waals surface area contributed by atoms with Gasteiger partial charge in [0.25, 0.3) is 0 Å². The summed E-state index contributed by atoms with van der Waals surface area (Å²) in [5.41, 5.74) is 0. The molecule has 1 rings (SSSR count). The molecule has 0 bridgehead atoms. The quantitative estimate of drug-likeness (QED) is 0.231. The van der Waals surface area contributed by atoms with E-state index in [2.05, 4.69) is 0 Å². The summed E-state index contributed by atoms with van der Waals surface area (Å²) < 4.78 is 38.4. The van der Waals surface area contributed by atoms with E-state index in [1.54, 1.807) is 14.2 Å². The summed E-state index contributed by atoms with van der Waals surface area (Å²) >= 11 is 0. The highest BCUT2D eigenvalue weighted by atomic mass is 16.6. The second-order valence-electron chi connectivity index (χ2n) is 7.32. The Bertz CT molecular complexity index is 537. The Morgan fingerprint density at radius 1 is 0.636 bits per heavy atom. The molecule has 0 aliphatic rings. The zero-order valence-electron chi connectivity index (χ0n) is 20.2. The SMILES string of the molecule is COc1cccc(OC)c1OCCOCCOCCCC(CCOCCO)CCOCCO. The van der Waals surface area contributed by atoms with Crippen LogP contribution in [0.3, 0.4) is 0 Å². The van der Waals surface area contributed by atoms with Crippen LogP contribution in [0.2, 0.25) is 0 Å². The molecule has 0 heterocycles. The Labute approximate surface area is 197 Å². The number of aliphatic hydroxyl groups is 2. The van der Waals surface area contributed by atoms with E-state index in [9.17, 15) is 0 Å². The molecule has 0 amide bonds. The fraction of sp³-hybridized carbons (Fsp3) is 0.750. The number of hydrogen-bond acceptors (Lipinski definition) is 9. The lowest BCUT2D eigenvalue weighted by Gasteiger charge is -2.17. The van der Waals surface area contributed by atoms with Crippen molar-refractivity contribution in [3.63, 3.8) is 0 Å². The summed E-state index contributed by atoms with van der Waals surface area (Å²) in [6.07, 6.45) is 3.80. The number of para-hydroxylation sites is 1. The van der Waals surface area contributed by atoms with E-state index >= 15 is 0 Å². The van der Waals surface area contributed by atoms with Crippen molar-refractivity contribution in [1.82, 2.24) is 0 Å². The Hall–Kier alpha value is -1.62. The third kappa shape index (κ3) is 14.3. The van der Waals surface area contributed by atoms with Gasteiger partial charge in [-0.05, 0) is 43.7 Å². The van der Waals surface area contributed by atoms with Gasteiger partial charge in [-0.15, -0.1) is 0 Å². The van der Waals surface area contributed by atoms with E-state index in [1.165, 1.54) is 0 Å². The molecule has 9 nitrogen and oxygen atoms in total. The third-order valence-electron chi connectivity index (χ3n) is 4.94. The second-order valence-corrected chi connectivity index (χ2v) is 7.32. The molecule has 0 aliphatic heterocycles. The molecule has 0 aromatic heterocycles. The summed E-state index contributed by atoms with van der Waals surface area (Å²) in [7, 11) is 3.18. The van der Waals surface area contributed by atoms with Crippen LogP contribution in [0.15, 0.2) is 18.2 Å². The molecule has 0 atom stereocenters. The predicted molar refractivity (Wildman–Crippen MR) is 124 cm³/mol. The smallest absolute Gasteiger partial charge is 0.203 e. The fourth-order valence-corrected chi connectivity index (χ4v) is 3.22. The third-order valence-corrected chi connectivity index (χ3v) is 4.94. The average Bonchev–Trinajstić information content (AvgIpc) is 2.84. The van der Waals surface area contributed by atoms with Gasteiger partial charge in [0.1, 0.15) is 6.61 Å². The first-order valence-corrected chi connectivity index (χ1v) is 11.6. The molecule has 0 saturated carbocycles. The number of benzene rings is 1. The number of methoxy groups -OCH3 is 2. The van der Waals surface area contributed by atoms with Crippen LogP contribution < -0.4 is 14.2 Å². The van der Waals surface area contributed by atoms with Gasteiger partial charge >= 0.3 is 0 Å². The van der Waals surface area contributed by atoms with Crippen molar-refractivity contribution in [3.8, 4) is 17.2 Å². The highest BCUT2D eigenvalue weighted by Gasteiger charge is 2.11. The molecule has 0 spiro atoms. The summed E-state index contributed by atoms with van der Waals surface area (Å²) in [4.78, 5) is 0. The molecule has 1 aromatic rings. The first-order valence-electron chi connectivity index (χ1n) is 11.6. The fourth-order valence-electron chi connectivity index (χ4n) is 3.22. The molecule has 33 heavy (non-hydrogen) atoms. The number of ether oxygens (including phenoxy) is 7. The van der Waals surface area contributed by atoms with Crippen molar-refractivity contribution in [2.75, 3.05) is 86.9 Å². The maximum Gasteiger partial charge on any atom is 0.203 e. The van der Waals surface area contributed by atoms with Crippen LogP contribution in [0.25, 0.3) is 0 Å². The van der Waals surface area contributed by atoms with Crippen LogP contribution in [0.4, 0.5) is 0 Å². The van der Waals surface area contributed by atoms with Crippen molar-refractivity contribution in [1.29, 1.82) is 0 Å². The minimum atomic E-state index is 0.0426. The predicted octanol–water partition coefficient (Wildman–Crippen LogP) is 2.31. The zero-order chi connectivity index (χ0) is 24.0. The number of aliphatic hydroxyl groups excluding tert-OH is 2. The van der Waals surface area contributed by atoms with Gasteiger partial charge in [0.2, 0.25) is 5.75 Å². The Kier molecular flexibility index (Phi) is 18.7. The van der Waals surface area contributed by atoms with Gasteiger partial charge in [-0.1, -0.05) is 6.07 Å². The molecule has 0 fully saturated rings. The van der Waals surface area contributed by atoms with E-state index in [4.69, 9.17) is 43.4 Å². The second kappa shape index (κ2) is 20.9. The molecular formula is C24H42O9. The van der Waals surface area contributed by atoms with Crippen LogP contribution in [-0.4, -0.2) is 97.1 Å². The first-order chi connectivity index (χ1) is 16.3. The lowest BCUT2D eigenvalue weighted by Crippen LogP contribution is -2.13. The highest BCUT2D eigenvalue weighted by Crippen LogP contribution is 2.36. The lowest BCUT2D eigenvalue weighted by molar-refractivity contribution is 0.0319. The first kappa shape index (κ1) is 29.4. The average molecular weight is 475 g/mol. The van der Waals surface area contributed by atoms with Crippen molar-refractivity contribution in [3.05, 3.63) is 18.2 Å². The molecular weight excluding hydrogens is 432 g/mol. The van der Waals surface area contributed by atoms with E-state index in [-0.39, 0.29) is 13.2 Å². The van der Waals surface area contributed by atoms with Gasteiger partial charge in [0.05, 0.1) is 60.5 Å². The van der Waals surface area contributed by atoms with Crippen molar-refractivity contribution in [2.24, 2.45) is 5.92 Å². The van der Waals surface area contributed by atoms with Crippen LogP contribution in [0.5, 0.6) is 17.2 Å². The maximum atomic E-state index is 8.81. The van der Waals surface area contributed by atoms with Gasteiger partial charge in [0, 0.05) is 19.8 Å². The van der Waals surface area contributed by atoms with Gasteiger partial charge in [-0.2, -0.15) is 0 Å². The lowest BCUT2D eigenvalue weighted by atomic mass is 9.97. The van der Waals surface area contributed by atoms with Crippen LogP contribution >= 0.6 is 0 Å². The molecule has 1 aromatic carbocycles. The molecule has 9 heteroatoms. The monoisotopic (exact) mass is 474 g/mol.